The van der Waals surface area contributed by atoms with Gasteiger partial charge in [0.25, 0.3) is 5.56 Å². The Morgan fingerprint density at radius 1 is 1.07 bits per heavy atom. The largest absolute Gasteiger partial charge is 0.399 e. The Morgan fingerprint density at radius 2 is 1.85 bits per heavy atom. The van der Waals surface area contributed by atoms with Crippen molar-refractivity contribution >= 4 is 11.3 Å². The molecule has 0 radical (unpaired) electrons. The van der Waals surface area contributed by atoms with Crippen molar-refractivity contribution < 1.29 is 8.78 Å². The van der Waals surface area contributed by atoms with E-state index in [-0.39, 0.29) is 11.1 Å². The summed E-state index contributed by atoms with van der Waals surface area (Å²) in [5.74, 6) is -1.38. The molecule has 0 spiro atoms. The number of nitrogens with zero attached hydrogens (tertiary/aromatic N) is 3. The van der Waals surface area contributed by atoms with Gasteiger partial charge in [0.15, 0.2) is 0 Å². The van der Waals surface area contributed by atoms with Gasteiger partial charge in [0.2, 0.25) is 0 Å². The summed E-state index contributed by atoms with van der Waals surface area (Å²) in [6, 6.07) is 11.9. The summed E-state index contributed by atoms with van der Waals surface area (Å²) in [5, 5.41) is 4.26. The van der Waals surface area contributed by atoms with E-state index in [0.29, 0.717) is 28.3 Å². The van der Waals surface area contributed by atoms with E-state index in [1.165, 1.54) is 22.7 Å². The predicted octanol–water partition coefficient (Wildman–Crippen LogP) is 3.54. The van der Waals surface area contributed by atoms with E-state index in [1.807, 2.05) is 6.07 Å². The molecule has 0 aliphatic rings. The number of hydrogen-bond acceptors (Lipinski definition) is 3. The third-order valence-electron chi connectivity index (χ3n) is 4.57. The highest BCUT2D eigenvalue weighted by Gasteiger charge is 2.20. The summed E-state index contributed by atoms with van der Waals surface area (Å²) in [7, 11) is 1.76. The number of nitrogen functional groups attached to an aromatic ring is 1. The van der Waals surface area contributed by atoms with Crippen molar-refractivity contribution in [1.82, 2.24) is 14.2 Å². The summed E-state index contributed by atoms with van der Waals surface area (Å²) in [6.07, 6.45) is 0. The molecule has 4 rings (SSSR count). The molecule has 0 aliphatic heterocycles. The van der Waals surface area contributed by atoms with Crippen molar-refractivity contribution in [3.05, 3.63) is 76.2 Å². The fraction of sp³-hybridized carbons (Fsp3) is 0.100. The first kappa shape index (κ1) is 17.0. The molecule has 2 aromatic heterocycles. The lowest BCUT2D eigenvalue weighted by Crippen LogP contribution is -2.18. The van der Waals surface area contributed by atoms with Gasteiger partial charge in [-0.05, 0) is 31.2 Å². The SMILES string of the molecule is Cc1nn2c(=O)cc(-c3cccc(N)c3)n(C)c2c1-c1ccc(F)cc1F. The summed E-state index contributed by atoms with van der Waals surface area (Å²) >= 11 is 0. The lowest BCUT2D eigenvalue weighted by Gasteiger charge is -2.13. The van der Waals surface area contributed by atoms with Crippen molar-refractivity contribution in [1.29, 1.82) is 0 Å². The number of rotatable bonds is 2. The maximum absolute atomic E-state index is 14.4. The number of halogens is 2. The van der Waals surface area contributed by atoms with E-state index >= 15 is 0 Å². The molecule has 5 nitrogen and oxygen atoms in total. The van der Waals surface area contributed by atoms with Crippen LogP contribution < -0.4 is 11.3 Å². The Kier molecular flexibility index (Phi) is 3.80. The molecular formula is C20H16F2N4O. The van der Waals surface area contributed by atoms with Gasteiger partial charge in [0.05, 0.1) is 17.0 Å². The van der Waals surface area contributed by atoms with Gasteiger partial charge in [-0.1, -0.05) is 12.1 Å². The van der Waals surface area contributed by atoms with Crippen molar-refractivity contribution in [2.24, 2.45) is 7.05 Å². The van der Waals surface area contributed by atoms with Crippen molar-refractivity contribution in [3.8, 4) is 22.4 Å². The molecule has 0 unspecified atom stereocenters. The molecule has 2 heterocycles. The summed E-state index contributed by atoms with van der Waals surface area (Å²) in [6.45, 7) is 1.69. The smallest absolute Gasteiger partial charge is 0.274 e. The molecule has 0 saturated carbocycles. The molecule has 0 bridgehead atoms. The third kappa shape index (κ3) is 2.68. The zero-order chi connectivity index (χ0) is 19.3. The lowest BCUT2D eigenvalue weighted by atomic mass is 10.0. The number of fused-ring (bicyclic) bond motifs is 1. The van der Waals surface area contributed by atoms with Crippen LogP contribution in [0.15, 0.2) is 53.3 Å². The van der Waals surface area contributed by atoms with Gasteiger partial charge < -0.3 is 10.3 Å². The minimum Gasteiger partial charge on any atom is -0.399 e. The van der Waals surface area contributed by atoms with Gasteiger partial charge >= 0.3 is 0 Å². The van der Waals surface area contributed by atoms with Crippen LogP contribution in [0.4, 0.5) is 14.5 Å². The molecule has 4 aromatic rings. The molecule has 0 saturated heterocycles. The minimum absolute atomic E-state index is 0.184. The third-order valence-corrected chi connectivity index (χ3v) is 4.57. The molecule has 0 atom stereocenters. The van der Waals surface area contributed by atoms with Crippen LogP contribution in [0.2, 0.25) is 0 Å². The van der Waals surface area contributed by atoms with E-state index in [4.69, 9.17) is 5.73 Å². The van der Waals surface area contributed by atoms with E-state index in [0.717, 1.165) is 11.6 Å². The highest BCUT2D eigenvalue weighted by atomic mass is 19.1. The summed E-state index contributed by atoms with van der Waals surface area (Å²) < 4.78 is 30.8. The van der Waals surface area contributed by atoms with E-state index in [2.05, 4.69) is 5.10 Å². The van der Waals surface area contributed by atoms with Crippen LogP contribution in [0.3, 0.4) is 0 Å². The fourth-order valence-electron chi connectivity index (χ4n) is 3.35. The number of aryl methyl sites for hydroxylation is 2. The normalized spacial score (nSPS) is 11.3. The number of anilines is 1. The average Bonchev–Trinajstić information content (AvgIpc) is 2.96. The van der Waals surface area contributed by atoms with E-state index in [1.54, 1.807) is 36.7 Å². The number of hydrogen-bond donors (Lipinski definition) is 1. The topological polar surface area (TPSA) is 65.3 Å². The maximum atomic E-state index is 14.4. The molecular weight excluding hydrogens is 350 g/mol. The van der Waals surface area contributed by atoms with Crippen LogP contribution in [0, 0.1) is 18.6 Å². The van der Waals surface area contributed by atoms with Crippen molar-refractivity contribution in [2.45, 2.75) is 6.92 Å². The molecule has 7 heteroatoms. The Labute approximate surface area is 153 Å². The molecule has 0 amide bonds. The zero-order valence-corrected chi connectivity index (χ0v) is 14.7. The van der Waals surface area contributed by atoms with E-state index < -0.39 is 11.6 Å². The quantitative estimate of drug-likeness (QED) is 0.552. The first-order valence-corrected chi connectivity index (χ1v) is 8.27. The summed E-state index contributed by atoms with van der Waals surface area (Å²) in [5.41, 5.74) is 8.96. The second-order valence-corrected chi connectivity index (χ2v) is 6.37. The molecule has 27 heavy (non-hydrogen) atoms. The highest BCUT2D eigenvalue weighted by molar-refractivity contribution is 5.82. The van der Waals surface area contributed by atoms with E-state index in [9.17, 15) is 13.6 Å². The second-order valence-electron chi connectivity index (χ2n) is 6.37. The number of benzene rings is 2. The van der Waals surface area contributed by atoms with Crippen LogP contribution in [0.25, 0.3) is 28.0 Å². The standard InChI is InChI=1S/C20H16F2N4O/c1-11-19(15-7-6-13(21)9-16(15)22)20-25(2)17(10-18(27)26(20)24-11)12-4-3-5-14(23)8-12/h3-10H,23H2,1-2H3. The zero-order valence-electron chi connectivity index (χ0n) is 14.7. The van der Waals surface area contributed by atoms with Gasteiger partial charge in [0.1, 0.15) is 17.3 Å². The Hall–Kier alpha value is -3.48. The summed E-state index contributed by atoms with van der Waals surface area (Å²) in [4.78, 5) is 12.6. The Morgan fingerprint density at radius 3 is 2.56 bits per heavy atom. The average molecular weight is 366 g/mol. The van der Waals surface area contributed by atoms with Crippen molar-refractivity contribution in [2.75, 3.05) is 5.73 Å². The van der Waals surface area contributed by atoms with Gasteiger partial charge in [-0.15, -0.1) is 0 Å². The lowest BCUT2D eigenvalue weighted by molar-refractivity contribution is 0.585. The van der Waals surface area contributed by atoms with Gasteiger partial charge in [0, 0.05) is 36.0 Å². The first-order chi connectivity index (χ1) is 12.9. The molecule has 2 aromatic carbocycles. The molecule has 136 valence electrons. The van der Waals surface area contributed by atoms with Crippen LogP contribution in [-0.2, 0) is 7.05 Å². The van der Waals surface area contributed by atoms with Gasteiger partial charge in [-0.2, -0.15) is 9.61 Å². The molecule has 0 aliphatic carbocycles. The molecule has 0 fully saturated rings. The monoisotopic (exact) mass is 366 g/mol. The van der Waals surface area contributed by atoms with Gasteiger partial charge in [-0.25, -0.2) is 8.78 Å². The predicted molar refractivity (Wildman–Crippen MR) is 100 cm³/mol. The number of aromatic nitrogens is 3. The molecule has 2 N–H and O–H groups in total. The minimum atomic E-state index is -0.713. The Balaban J connectivity index is 2.10. The fourth-order valence-corrected chi connectivity index (χ4v) is 3.35. The second kappa shape index (κ2) is 6.05. The van der Waals surface area contributed by atoms with Crippen LogP contribution >= 0.6 is 0 Å². The number of nitrogens with two attached hydrogens (primary N) is 1. The Bertz CT molecular complexity index is 1260. The first-order valence-electron chi connectivity index (χ1n) is 8.27. The van der Waals surface area contributed by atoms with Crippen molar-refractivity contribution in [3.63, 3.8) is 0 Å². The van der Waals surface area contributed by atoms with Crippen LogP contribution in [0.5, 0.6) is 0 Å². The van der Waals surface area contributed by atoms with Crippen LogP contribution in [0.1, 0.15) is 5.69 Å². The van der Waals surface area contributed by atoms with Gasteiger partial charge in [-0.3, -0.25) is 4.79 Å². The maximum Gasteiger partial charge on any atom is 0.274 e. The van der Waals surface area contributed by atoms with Crippen LogP contribution in [-0.4, -0.2) is 14.2 Å². The highest BCUT2D eigenvalue weighted by Crippen LogP contribution is 2.32.